The Morgan fingerprint density at radius 1 is 1.27 bits per heavy atom. The van der Waals surface area contributed by atoms with Gasteiger partial charge in [0.1, 0.15) is 11.6 Å². The van der Waals surface area contributed by atoms with Gasteiger partial charge in [0.25, 0.3) is 5.91 Å². The zero-order chi connectivity index (χ0) is 18.7. The molecule has 1 heterocycles. The van der Waals surface area contributed by atoms with E-state index in [9.17, 15) is 9.18 Å². The van der Waals surface area contributed by atoms with Gasteiger partial charge < -0.3 is 9.30 Å². The van der Waals surface area contributed by atoms with Crippen LogP contribution in [0.4, 0.5) is 4.39 Å². The highest BCUT2D eigenvalue weighted by molar-refractivity contribution is 7.16. The van der Waals surface area contributed by atoms with Crippen LogP contribution in [0, 0.1) is 5.82 Å². The minimum atomic E-state index is -0.451. The standard InChI is InChI=1S/C18H15Cl2FN2O2S/c1-2-7-23-14-5-4-12(21)9-16(14)26-18(23)22-17(24)10-25-15-6-3-11(19)8-13(15)20/h3-6,8-9H,2,7,10H2,1H3. The summed E-state index contributed by atoms with van der Waals surface area (Å²) in [7, 11) is 0. The number of benzene rings is 2. The summed E-state index contributed by atoms with van der Waals surface area (Å²) in [6.45, 7) is 2.45. The fourth-order valence-electron chi connectivity index (χ4n) is 2.44. The maximum atomic E-state index is 13.5. The van der Waals surface area contributed by atoms with Gasteiger partial charge in [-0.1, -0.05) is 41.5 Å². The zero-order valence-electron chi connectivity index (χ0n) is 13.8. The van der Waals surface area contributed by atoms with Gasteiger partial charge in [-0.15, -0.1) is 0 Å². The number of fused-ring (bicyclic) bond motifs is 1. The smallest absolute Gasteiger partial charge is 0.286 e. The zero-order valence-corrected chi connectivity index (χ0v) is 16.2. The van der Waals surface area contributed by atoms with Crippen molar-refractivity contribution in [3.8, 4) is 5.75 Å². The summed E-state index contributed by atoms with van der Waals surface area (Å²) >= 11 is 13.1. The topological polar surface area (TPSA) is 43.6 Å². The quantitative estimate of drug-likeness (QED) is 0.587. The molecule has 0 aliphatic rings. The summed E-state index contributed by atoms with van der Waals surface area (Å²) in [6, 6.07) is 9.30. The lowest BCUT2D eigenvalue weighted by molar-refractivity contribution is -0.120. The Kier molecular flexibility index (Phi) is 5.96. The number of halogens is 3. The lowest BCUT2D eigenvalue weighted by atomic mass is 10.3. The lowest BCUT2D eigenvalue weighted by Gasteiger charge is -2.06. The number of hydrogen-bond acceptors (Lipinski definition) is 3. The van der Waals surface area contributed by atoms with E-state index in [0.29, 0.717) is 27.1 Å². The maximum absolute atomic E-state index is 13.5. The van der Waals surface area contributed by atoms with Gasteiger partial charge in [-0.2, -0.15) is 4.99 Å². The van der Waals surface area contributed by atoms with Crippen LogP contribution in [0.25, 0.3) is 10.2 Å². The molecule has 1 aromatic heterocycles. The average Bonchev–Trinajstić information content (AvgIpc) is 2.91. The SMILES string of the molecule is CCCn1c(=NC(=O)COc2ccc(Cl)cc2Cl)sc2cc(F)ccc21. The molecule has 0 N–H and O–H groups in total. The molecule has 0 atom stereocenters. The fourth-order valence-corrected chi connectivity index (χ4v) is 4.00. The molecule has 2 aromatic carbocycles. The molecular weight excluding hydrogens is 398 g/mol. The van der Waals surface area contributed by atoms with Crippen molar-refractivity contribution in [1.82, 2.24) is 4.57 Å². The number of aromatic nitrogens is 1. The third-order valence-corrected chi connectivity index (χ3v) is 5.13. The normalized spacial score (nSPS) is 11.9. The Balaban J connectivity index is 1.86. The molecular formula is C18H15Cl2FN2O2S. The molecule has 0 bridgehead atoms. The van der Waals surface area contributed by atoms with E-state index in [1.807, 2.05) is 11.5 Å². The molecule has 0 saturated heterocycles. The van der Waals surface area contributed by atoms with Crippen LogP contribution in [0.2, 0.25) is 10.0 Å². The number of ether oxygens (including phenoxy) is 1. The second-order valence-corrected chi connectivity index (χ2v) is 7.37. The van der Waals surface area contributed by atoms with E-state index < -0.39 is 5.91 Å². The van der Waals surface area contributed by atoms with Crippen LogP contribution in [0.1, 0.15) is 13.3 Å². The highest BCUT2D eigenvalue weighted by Gasteiger charge is 2.10. The van der Waals surface area contributed by atoms with Crippen LogP contribution >= 0.6 is 34.5 Å². The van der Waals surface area contributed by atoms with E-state index in [2.05, 4.69) is 4.99 Å². The van der Waals surface area contributed by atoms with Crippen LogP contribution in [-0.4, -0.2) is 17.1 Å². The molecule has 3 aromatic rings. The summed E-state index contributed by atoms with van der Waals surface area (Å²) < 4.78 is 21.5. The Morgan fingerprint density at radius 3 is 2.81 bits per heavy atom. The minimum Gasteiger partial charge on any atom is -0.482 e. The van der Waals surface area contributed by atoms with Crippen molar-refractivity contribution in [2.24, 2.45) is 4.99 Å². The van der Waals surface area contributed by atoms with Crippen molar-refractivity contribution in [2.75, 3.05) is 6.61 Å². The molecule has 3 rings (SSSR count). The van der Waals surface area contributed by atoms with Crippen LogP contribution in [-0.2, 0) is 11.3 Å². The lowest BCUT2D eigenvalue weighted by Crippen LogP contribution is -2.19. The van der Waals surface area contributed by atoms with Crippen molar-refractivity contribution in [3.63, 3.8) is 0 Å². The summed E-state index contributed by atoms with van der Waals surface area (Å²) in [5, 5.41) is 0.806. The number of carbonyl (C=O) groups is 1. The first kappa shape index (κ1) is 18.9. The Labute approximate surface area is 163 Å². The van der Waals surface area contributed by atoms with Crippen molar-refractivity contribution >= 4 is 50.7 Å². The van der Waals surface area contributed by atoms with Crippen LogP contribution in [0.3, 0.4) is 0 Å². The van der Waals surface area contributed by atoms with E-state index in [4.69, 9.17) is 27.9 Å². The van der Waals surface area contributed by atoms with Crippen molar-refractivity contribution < 1.29 is 13.9 Å². The number of amides is 1. The van der Waals surface area contributed by atoms with Gasteiger partial charge in [0, 0.05) is 11.6 Å². The van der Waals surface area contributed by atoms with Crippen LogP contribution < -0.4 is 9.54 Å². The van der Waals surface area contributed by atoms with E-state index in [0.717, 1.165) is 16.6 Å². The van der Waals surface area contributed by atoms with Gasteiger partial charge in [-0.3, -0.25) is 4.79 Å². The Hall–Kier alpha value is -1.89. The highest BCUT2D eigenvalue weighted by Crippen LogP contribution is 2.27. The molecule has 0 aliphatic heterocycles. The monoisotopic (exact) mass is 412 g/mol. The fraction of sp³-hybridized carbons (Fsp3) is 0.222. The first-order chi connectivity index (χ1) is 12.5. The molecule has 0 aliphatic carbocycles. The van der Waals surface area contributed by atoms with Gasteiger partial charge in [0.2, 0.25) is 0 Å². The summed E-state index contributed by atoms with van der Waals surface area (Å²) in [4.78, 5) is 16.9. The third kappa shape index (κ3) is 4.26. The minimum absolute atomic E-state index is 0.254. The molecule has 0 fully saturated rings. The molecule has 0 radical (unpaired) electrons. The first-order valence-electron chi connectivity index (χ1n) is 7.92. The molecule has 26 heavy (non-hydrogen) atoms. The number of carbonyl (C=O) groups excluding carboxylic acids is 1. The number of hydrogen-bond donors (Lipinski definition) is 0. The highest BCUT2D eigenvalue weighted by atomic mass is 35.5. The Bertz CT molecular complexity index is 1030. The molecule has 1 amide bonds. The number of nitrogens with zero attached hydrogens (tertiary/aromatic N) is 2. The maximum Gasteiger partial charge on any atom is 0.286 e. The predicted octanol–water partition coefficient (Wildman–Crippen LogP) is 5.07. The van der Waals surface area contributed by atoms with E-state index in [-0.39, 0.29) is 12.4 Å². The van der Waals surface area contributed by atoms with E-state index >= 15 is 0 Å². The van der Waals surface area contributed by atoms with Gasteiger partial charge in [0.05, 0.1) is 15.2 Å². The van der Waals surface area contributed by atoms with Crippen molar-refractivity contribution in [1.29, 1.82) is 0 Å². The van der Waals surface area contributed by atoms with Crippen LogP contribution in [0.5, 0.6) is 5.75 Å². The molecule has 4 nitrogen and oxygen atoms in total. The van der Waals surface area contributed by atoms with Gasteiger partial charge in [-0.25, -0.2) is 4.39 Å². The predicted molar refractivity (Wildman–Crippen MR) is 103 cm³/mol. The van der Waals surface area contributed by atoms with Crippen LogP contribution in [0.15, 0.2) is 41.4 Å². The summed E-state index contributed by atoms with van der Waals surface area (Å²) in [5.41, 5.74) is 0.853. The van der Waals surface area contributed by atoms with Gasteiger partial charge >= 0.3 is 0 Å². The van der Waals surface area contributed by atoms with Gasteiger partial charge in [0.15, 0.2) is 11.4 Å². The van der Waals surface area contributed by atoms with Crippen molar-refractivity contribution in [3.05, 3.63) is 57.1 Å². The molecule has 8 heteroatoms. The number of aryl methyl sites for hydroxylation is 1. The number of thiazole rings is 1. The summed E-state index contributed by atoms with van der Waals surface area (Å²) in [5.74, 6) is -0.409. The van der Waals surface area contributed by atoms with E-state index in [1.54, 1.807) is 18.2 Å². The molecule has 136 valence electrons. The molecule has 0 spiro atoms. The second kappa shape index (κ2) is 8.20. The van der Waals surface area contributed by atoms with Gasteiger partial charge in [-0.05, 0) is 42.8 Å². The first-order valence-corrected chi connectivity index (χ1v) is 9.49. The number of rotatable bonds is 5. The van der Waals surface area contributed by atoms with E-state index in [1.165, 1.54) is 29.5 Å². The summed E-state index contributed by atoms with van der Waals surface area (Å²) in [6.07, 6.45) is 0.863. The molecule has 0 saturated carbocycles. The Morgan fingerprint density at radius 2 is 2.08 bits per heavy atom. The largest absolute Gasteiger partial charge is 0.482 e. The average molecular weight is 413 g/mol. The molecule has 0 unspecified atom stereocenters. The van der Waals surface area contributed by atoms with Crippen molar-refractivity contribution in [2.45, 2.75) is 19.9 Å². The second-order valence-electron chi connectivity index (χ2n) is 5.52. The third-order valence-electron chi connectivity index (χ3n) is 3.56.